The Kier molecular flexibility index (Phi) is 4.25. The minimum absolute atomic E-state index is 1.27. The van der Waals surface area contributed by atoms with Crippen LogP contribution in [0.3, 0.4) is 0 Å². The average Bonchev–Trinajstić information content (AvgIpc) is 2.90. The van der Waals surface area contributed by atoms with E-state index in [4.69, 9.17) is 0 Å². The fourth-order valence-electron chi connectivity index (χ4n) is 5.36. The van der Waals surface area contributed by atoms with Crippen LogP contribution < -0.4 is 0 Å². The van der Waals surface area contributed by atoms with Crippen LogP contribution in [0.2, 0.25) is 0 Å². The van der Waals surface area contributed by atoms with Crippen LogP contribution in [0.5, 0.6) is 0 Å². The fourth-order valence-corrected chi connectivity index (χ4v) is 5.36. The number of fused-ring (bicyclic) bond motifs is 4. The van der Waals surface area contributed by atoms with Crippen LogP contribution in [0.1, 0.15) is 0 Å². The monoisotopic (exact) mass is 430 g/mol. The van der Waals surface area contributed by atoms with E-state index in [0.717, 1.165) is 0 Å². The molecule has 0 aliphatic carbocycles. The Morgan fingerprint density at radius 3 is 1.00 bits per heavy atom. The lowest BCUT2D eigenvalue weighted by atomic mass is 9.88. The van der Waals surface area contributed by atoms with Gasteiger partial charge in [-0.1, -0.05) is 109 Å². The van der Waals surface area contributed by atoms with Crippen molar-refractivity contribution in [2.45, 2.75) is 0 Å². The van der Waals surface area contributed by atoms with Crippen molar-refractivity contribution in [3.8, 4) is 22.3 Å². The maximum Gasteiger partial charge on any atom is -0.00988 e. The van der Waals surface area contributed by atoms with Gasteiger partial charge < -0.3 is 0 Å². The second kappa shape index (κ2) is 7.57. The standard InChI is InChI=1S/C34H22/c1-3-11-25-21-33-27(19-23(25)9-1)13-7-17-31(33)29-15-5-6-16-30(29)32-18-8-14-28-20-24-10-2-4-12-26(24)22-34(28)32/h1-22H. The highest BCUT2D eigenvalue weighted by molar-refractivity contribution is 6.10. The molecular formula is C34H22. The summed E-state index contributed by atoms with van der Waals surface area (Å²) in [6.07, 6.45) is 0. The smallest absolute Gasteiger partial charge is 0.00988 e. The lowest BCUT2D eigenvalue weighted by Gasteiger charge is -2.15. The fraction of sp³-hybridized carbons (Fsp3) is 0. The first kappa shape index (κ1) is 19.1. The Bertz CT molecular complexity index is 1720. The molecule has 7 aromatic carbocycles. The number of hydrogen-bond acceptors (Lipinski definition) is 0. The van der Waals surface area contributed by atoms with E-state index < -0.39 is 0 Å². The van der Waals surface area contributed by atoms with Gasteiger partial charge in [0.2, 0.25) is 0 Å². The van der Waals surface area contributed by atoms with Gasteiger partial charge in [0.25, 0.3) is 0 Å². The third kappa shape index (κ3) is 3.00. The van der Waals surface area contributed by atoms with Gasteiger partial charge in [0.05, 0.1) is 0 Å². The predicted octanol–water partition coefficient (Wildman–Crippen LogP) is 9.63. The molecule has 0 radical (unpaired) electrons. The molecule has 0 aliphatic heterocycles. The largest absolute Gasteiger partial charge is 0.0616 e. The number of benzene rings is 7. The van der Waals surface area contributed by atoms with Crippen LogP contribution in [0.15, 0.2) is 133 Å². The van der Waals surface area contributed by atoms with Gasteiger partial charge >= 0.3 is 0 Å². The summed E-state index contributed by atoms with van der Waals surface area (Å²) in [7, 11) is 0. The summed E-state index contributed by atoms with van der Waals surface area (Å²) >= 11 is 0. The van der Waals surface area contributed by atoms with E-state index in [9.17, 15) is 0 Å². The Labute approximate surface area is 198 Å². The van der Waals surface area contributed by atoms with Crippen LogP contribution in [0.25, 0.3) is 65.3 Å². The zero-order valence-electron chi connectivity index (χ0n) is 18.7. The summed E-state index contributed by atoms with van der Waals surface area (Å²) in [6, 6.07) is 48.7. The van der Waals surface area contributed by atoms with Crippen molar-refractivity contribution in [2.75, 3.05) is 0 Å². The lowest BCUT2D eigenvalue weighted by Crippen LogP contribution is -1.89. The van der Waals surface area contributed by atoms with E-state index in [1.54, 1.807) is 0 Å². The van der Waals surface area contributed by atoms with Gasteiger partial charge in [0, 0.05) is 0 Å². The minimum Gasteiger partial charge on any atom is -0.0616 e. The first-order chi connectivity index (χ1) is 16.8. The third-order valence-electron chi connectivity index (χ3n) is 7.00. The molecular weight excluding hydrogens is 408 g/mol. The van der Waals surface area contributed by atoms with E-state index >= 15 is 0 Å². The van der Waals surface area contributed by atoms with Crippen LogP contribution in [-0.4, -0.2) is 0 Å². The molecule has 0 nitrogen and oxygen atoms in total. The Hall–Kier alpha value is -4.42. The first-order valence-electron chi connectivity index (χ1n) is 11.8. The number of rotatable bonds is 2. The van der Waals surface area contributed by atoms with Crippen molar-refractivity contribution >= 4 is 43.1 Å². The van der Waals surface area contributed by atoms with Gasteiger partial charge in [-0.2, -0.15) is 0 Å². The van der Waals surface area contributed by atoms with E-state index in [1.807, 2.05) is 0 Å². The zero-order chi connectivity index (χ0) is 22.5. The maximum atomic E-state index is 2.34. The van der Waals surface area contributed by atoms with Crippen molar-refractivity contribution in [2.24, 2.45) is 0 Å². The Morgan fingerprint density at radius 1 is 0.235 bits per heavy atom. The molecule has 0 atom stereocenters. The van der Waals surface area contributed by atoms with E-state index in [1.165, 1.54) is 65.3 Å². The van der Waals surface area contributed by atoms with Crippen LogP contribution >= 0.6 is 0 Å². The normalized spacial score (nSPS) is 11.5. The molecule has 7 aromatic rings. The maximum absolute atomic E-state index is 2.34. The number of hydrogen-bond donors (Lipinski definition) is 0. The summed E-state index contributed by atoms with van der Waals surface area (Å²) in [4.78, 5) is 0. The van der Waals surface area contributed by atoms with Crippen molar-refractivity contribution in [3.63, 3.8) is 0 Å². The second-order valence-corrected chi connectivity index (χ2v) is 9.00. The highest BCUT2D eigenvalue weighted by Crippen LogP contribution is 2.40. The van der Waals surface area contributed by atoms with E-state index in [2.05, 4.69) is 133 Å². The molecule has 0 amide bonds. The summed E-state index contributed by atoms with van der Waals surface area (Å²) in [5.41, 5.74) is 5.08. The molecule has 0 heterocycles. The van der Waals surface area contributed by atoms with Gasteiger partial charge in [0.1, 0.15) is 0 Å². The van der Waals surface area contributed by atoms with Crippen LogP contribution in [0, 0.1) is 0 Å². The van der Waals surface area contributed by atoms with E-state index in [-0.39, 0.29) is 0 Å². The van der Waals surface area contributed by atoms with Gasteiger partial charge in [-0.05, 0) is 89.6 Å². The third-order valence-corrected chi connectivity index (χ3v) is 7.00. The van der Waals surface area contributed by atoms with Crippen LogP contribution in [-0.2, 0) is 0 Å². The SMILES string of the molecule is c1ccc(-c2cccc3cc4ccccc4cc23)c(-c2cccc3cc4ccccc4cc23)c1. The molecule has 0 aromatic heterocycles. The minimum atomic E-state index is 1.27. The van der Waals surface area contributed by atoms with Gasteiger partial charge in [-0.25, -0.2) is 0 Å². The summed E-state index contributed by atoms with van der Waals surface area (Å²) in [5.74, 6) is 0. The molecule has 0 heteroatoms. The molecule has 0 saturated carbocycles. The van der Waals surface area contributed by atoms with E-state index in [0.29, 0.717) is 0 Å². The first-order valence-corrected chi connectivity index (χ1v) is 11.8. The second-order valence-electron chi connectivity index (χ2n) is 9.00. The van der Waals surface area contributed by atoms with Crippen molar-refractivity contribution in [3.05, 3.63) is 133 Å². The molecule has 0 saturated heterocycles. The molecule has 0 unspecified atom stereocenters. The van der Waals surface area contributed by atoms with Crippen molar-refractivity contribution < 1.29 is 0 Å². The zero-order valence-corrected chi connectivity index (χ0v) is 18.7. The highest BCUT2D eigenvalue weighted by atomic mass is 14.2. The topological polar surface area (TPSA) is 0 Å². The van der Waals surface area contributed by atoms with Gasteiger partial charge in [0.15, 0.2) is 0 Å². The Balaban J connectivity index is 1.52. The molecule has 0 N–H and O–H groups in total. The summed E-state index contributed by atoms with van der Waals surface area (Å²) in [5, 5.41) is 10.2. The predicted molar refractivity (Wildman–Crippen MR) is 147 cm³/mol. The molecule has 0 aliphatic rings. The van der Waals surface area contributed by atoms with Gasteiger partial charge in [-0.15, -0.1) is 0 Å². The quantitative estimate of drug-likeness (QED) is 0.239. The summed E-state index contributed by atoms with van der Waals surface area (Å²) < 4.78 is 0. The average molecular weight is 431 g/mol. The molecule has 34 heavy (non-hydrogen) atoms. The summed E-state index contributed by atoms with van der Waals surface area (Å²) in [6.45, 7) is 0. The lowest BCUT2D eigenvalue weighted by molar-refractivity contribution is 1.63. The molecule has 0 spiro atoms. The van der Waals surface area contributed by atoms with Crippen molar-refractivity contribution in [1.82, 2.24) is 0 Å². The van der Waals surface area contributed by atoms with Gasteiger partial charge in [-0.3, -0.25) is 0 Å². The van der Waals surface area contributed by atoms with Crippen molar-refractivity contribution in [1.29, 1.82) is 0 Å². The molecule has 7 rings (SSSR count). The highest BCUT2D eigenvalue weighted by Gasteiger charge is 2.13. The van der Waals surface area contributed by atoms with Crippen LogP contribution in [0.4, 0.5) is 0 Å². The molecule has 158 valence electrons. The Morgan fingerprint density at radius 2 is 0.559 bits per heavy atom. The molecule has 0 bridgehead atoms. The molecule has 0 fully saturated rings.